The van der Waals surface area contributed by atoms with Gasteiger partial charge in [0.1, 0.15) is 0 Å². The minimum absolute atomic E-state index is 0.0995. The van der Waals surface area contributed by atoms with Crippen molar-refractivity contribution >= 4 is 12.0 Å². The zero-order valence-corrected chi connectivity index (χ0v) is 9.10. The van der Waals surface area contributed by atoms with Crippen molar-refractivity contribution in [1.29, 1.82) is 0 Å². The molecular formula is C14H15NO. The van der Waals surface area contributed by atoms with Crippen LogP contribution in [0.15, 0.2) is 61.2 Å². The molecule has 0 spiro atoms. The predicted molar refractivity (Wildman–Crippen MR) is 67.8 cm³/mol. The Labute approximate surface area is 96.0 Å². The first-order chi connectivity index (χ1) is 7.83. The van der Waals surface area contributed by atoms with E-state index in [4.69, 9.17) is 0 Å². The molecule has 2 nitrogen and oxygen atoms in total. The molecular weight excluding hydrogens is 198 g/mol. The number of allylic oxidation sites excluding steroid dienone is 2. The number of hydrogen-bond acceptors (Lipinski definition) is 1. The summed E-state index contributed by atoms with van der Waals surface area (Å²) in [6, 6.07) is 9.70. The summed E-state index contributed by atoms with van der Waals surface area (Å²) >= 11 is 0. The van der Waals surface area contributed by atoms with Gasteiger partial charge in [0.2, 0.25) is 5.91 Å². The number of nitrogens with one attached hydrogen (secondary N) is 1. The second-order valence-corrected chi connectivity index (χ2v) is 3.15. The second-order valence-electron chi connectivity index (χ2n) is 3.15. The molecule has 0 radical (unpaired) electrons. The number of benzene rings is 1. The van der Waals surface area contributed by atoms with Crippen molar-refractivity contribution < 1.29 is 4.79 Å². The molecule has 16 heavy (non-hydrogen) atoms. The van der Waals surface area contributed by atoms with Crippen LogP contribution < -0.4 is 5.32 Å². The third-order valence-electron chi connectivity index (χ3n) is 1.89. The van der Waals surface area contributed by atoms with Crippen LogP contribution in [0.25, 0.3) is 6.08 Å². The predicted octanol–water partition coefficient (Wildman–Crippen LogP) is 2.56. The van der Waals surface area contributed by atoms with Crippen molar-refractivity contribution in [3.8, 4) is 0 Å². The molecule has 0 aliphatic rings. The molecule has 1 amide bonds. The fourth-order valence-corrected chi connectivity index (χ4v) is 1.12. The zero-order valence-electron chi connectivity index (χ0n) is 9.10. The third-order valence-corrected chi connectivity index (χ3v) is 1.89. The van der Waals surface area contributed by atoms with Crippen molar-refractivity contribution in [1.82, 2.24) is 5.32 Å². The molecule has 0 atom stereocenters. The van der Waals surface area contributed by atoms with Crippen LogP contribution in [0.4, 0.5) is 0 Å². The number of hydrogen-bond donors (Lipinski definition) is 1. The molecule has 1 aromatic rings. The molecule has 1 N–H and O–H groups in total. The Bertz CT molecular complexity index is 390. The molecule has 0 bridgehead atoms. The van der Waals surface area contributed by atoms with E-state index in [1.54, 1.807) is 18.2 Å². The normalized spacial score (nSPS) is 10.8. The van der Waals surface area contributed by atoms with Crippen molar-refractivity contribution in [3.05, 3.63) is 66.8 Å². The highest BCUT2D eigenvalue weighted by Crippen LogP contribution is 2.00. The Morgan fingerprint density at radius 1 is 1.31 bits per heavy atom. The van der Waals surface area contributed by atoms with Crippen LogP contribution in [0.2, 0.25) is 0 Å². The SMILES string of the molecule is C=C/C=C/CNC(=O)/C=C/c1ccccc1. The van der Waals surface area contributed by atoms with Crippen LogP contribution in [-0.4, -0.2) is 12.5 Å². The van der Waals surface area contributed by atoms with Gasteiger partial charge in [0.15, 0.2) is 0 Å². The molecule has 1 aromatic carbocycles. The summed E-state index contributed by atoms with van der Waals surface area (Å²) in [4.78, 5) is 11.3. The maximum absolute atomic E-state index is 11.3. The summed E-state index contributed by atoms with van der Waals surface area (Å²) in [6.45, 7) is 4.06. The van der Waals surface area contributed by atoms with E-state index in [1.165, 1.54) is 6.08 Å². The summed E-state index contributed by atoms with van der Waals surface area (Å²) in [5, 5.41) is 2.73. The first-order valence-electron chi connectivity index (χ1n) is 5.11. The van der Waals surface area contributed by atoms with Gasteiger partial charge in [0.25, 0.3) is 0 Å². The number of carbonyl (C=O) groups is 1. The number of rotatable bonds is 5. The van der Waals surface area contributed by atoms with E-state index in [-0.39, 0.29) is 5.91 Å². The van der Waals surface area contributed by atoms with Gasteiger partial charge in [-0.15, -0.1) is 0 Å². The van der Waals surface area contributed by atoms with Crippen molar-refractivity contribution in [3.63, 3.8) is 0 Å². The summed E-state index contributed by atoms with van der Waals surface area (Å²) in [5.41, 5.74) is 1.01. The van der Waals surface area contributed by atoms with Gasteiger partial charge in [0, 0.05) is 12.6 Å². The molecule has 2 heteroatoms. The van der Waals surface area contributed by atoms with E-state index in [1.807, 2.05) is 36.4 Å². The van der Waals surface area contributed by atoms with Crippen LogP contribution in [-0.2, 0) is 4.79 Å². The molecule has 0 heterocycles. The fourth-order valence-electron chi connectivity index (χ4n) is 1.12. The summed E-state index contributed by atoms with van der Waals surface area (Å²) in [7, 11) is 0. The molecule has 0 saturated heterocycles. The Balaban J connectivity index is 2.37. The third kappa shape index (κ3) is 4.96. The van der Waals surface area contributed by atoms with Gasteiger partial charge < -0.3 is 5.32 Å². The lowest BCUT2D eigenvalue weighted by Crippen LogP contribution is -2.20. The highest BCUT2D eigenvalue weighted by molar-refractivity contribution is 5.91. The molecule has 0 saturated carbocycles. The molecule has 0 fully saturated rings. The van der Waals surface area contributed by atoms with Crippen molar-refractivity contribution in [2.75, 3.05) is 6.54 Å². The van der Waals surface area contributed by atoms with Gasteiger partial charge in [-0.2, -0.15) is 0 Å². The smallest absolute Gasteiger partial charge is 0.244 e. The Morgan fingerprint density at radius 2 is 2.06 bits per heavy atom. The molecule has 0 aliphatic heterocycles. The number of carbonyl (C=O) groups excluding carboxylic acids is 1. The minimum atomic E-state index is -0.0995. The summed E-state index contributed by atoms with van der Waals surface area (Å²) in [5.74, 6) is -0.0995. The lowest BCUT2D eigenvalue weighted by Gasteiger charge is -1.96. The zero-order chi connectivity index (χ0) is 11.6. The molecule has 0 aromatic heterocycles. The van der Waals surface area contributed by atoms with Crippen LogP contribution in [0.5, 0.6) is 0 Å². The largest absolute Gasteiger partial charge is 0.349 e. The highest BCUT2D eigenvalue weighted by Gasteiger charge is 1.91. The monoisotopic (exact) mass is 213 g/mol. The molecule has 0 aliphatic carbocycles. The van der Waals surface area contributed by atoms with Crippen LogP contribution in [0.3, 0.4) is 0 Å². The first kappa shape index (κ1) is 12.0. The molecule has 1 rings (SSSR count). The van der Waals surface area contributed by atoms with Crippen molar-refractivity contribution in [2.24, 2.45) is 0 Å². The Kier molecular flexibility index (Phi) is 5.42. The van der Waals surface area contributed by atoms with Gasteiger partial charge >= 0.3 is 0 Å². The van der Waals surface area contributed by atoms with Gasteiger partial charge in [-0.25, -0.2) is 0 Å². The van der Waals surface area contributed by atoms with Gasteiger partial charge in [-0.05, 0) is 11.6 Å². The topological polar surface area (TPSA) is 29.1 Å². The van der Waals surface area contributed by atoms with E-state index in [2.05, 4.69) is 11.9 Å². The number of amides is 1. The van der Waals surface area contributed by atoms with Crippen LogP contribution in [0.1, 0.15) is 5.56 Å². The molecule has 0 unspecified atom stereocenters. The van der Waals surface area contributed by atoms with Gasteiger partial charge in [0.05, 0.1) is 0 Å². The lowest BCUT2D eigenvalue weighted by atomic mass is 10.2. The van der Waals surface area contributed by atoms with E-state index < -0.39 is 0 Å². The van der Waals surface area contributed by atoms with Gasteiger partial charge in [-0.1, -0.05) is 55.1 Å². The second kappa shape index (κ2) is 7.23. The molecule has 82 valence electrons. The average Bonchev–Trinajstić information content (AvgIpc) is 2.33. The van der Waals surface area contributed by atoms with Crippen LogP contribution in [0, 0.1) is 0 Å². The van der Waals surface area contributed by atoms with E-state index in [0.717, 1.165) is 5.56 Å². The maximum atomic E-state index is 11.3. The lowest BCUT2D eigenvalue weighted by molar-refractivity contribution is -0.116. The fraction of sp³-hybridized carbons (Fsp3) is 0.0714. The van der Waals surface area contributed by atoms with E-state index >= 15 is 0 Å². The first-order valence-corrected chi connectivity index (χ1v) is 5.11. The summed E-state index contributed by atoms with van der Waals surface area (Å²) in [6.07, 6.45) is 8.61. The minimum Gasteiger partial charge on any atom is -0.349 e. The quantitative estimate of drug-likeness (QED) is 0.591. The van der Waals surface area contributed by atoms with Crippen molar-refractivity contribution in [2.45, 2.75) is 0 Å². The maximum Gasteiger partial charge on any atom is 0.244 e. The Morgan fingerprint density at radius 3 is 2.75 bits per heavy atom. The standard InChI is InChI=1S/C14H15NO/c1-2-3-7-12-15-14(16)11-10-13-8-5-4-6-9-13/h2-11H,1,12H2,(H,15,16)/b7-3+,11-10+. The highest BCUT2D eigenvalue weighted by atomic mass is 16.1. The summed E-state index contributed by atoms with van der Waals surface area (Å²) < 4.78 is 0. The van der Waals surface area contributed by atoms with E-state index in [9.17, 15) is 4.79 Å². The average molecular weight is 213 g/mol. The Hall–Kier alpha value is -2.09. The van der Waals surface area contributed by atoms with E-state index in [0.29, 0.717) is 6.54 Å². The van der Waals surface area contributed by atoms with Gasteiger partial charge in [-0.3, -0.25) is 4.79 Å². The van der Waals surface area contributed by atoms with Crippen LogP contribution >= 0.6 is 0 Å².